The van der Waals surface area contributed by atoms with Gasteiger partial charge in [-0.3, -0.25) is 0 Å². The SMILES string of the molecule is CC(C)(C)OC(=O)NCc1ccn(-c2ccccn2)n1. The van der Waals surface area contributed by atoms with Crippen LogP contribution in [-0.2, 0) is 11.3 Å². The first-order valence-electron chi connectivity index (χ1n) is 6.37. The van der Waals surface area contributed by atoms with Crippen LogP contribution in [0.4, 0.5) is 4.79 Å². The van der Waals surface area contributed by atoms with E-state index in [4.69, 9.17) is 4.74 Å². The van der Waals surface area contributed by atoms with E-state index in [1.165, 1.54) is 0 Å². The van der Waals surface area contributed by atoms with E-state index in [0.29, 0.717) is 6.54 Å². The first-order chi connectivity index (χ1) is 9.44. The first kappa shape index (κ1) is 14.0. The summed E-state index contributed by atoms with van der Waals surface area (Å²) >= 11 is 0. The smallest absolute Gasteiger partial charge is 0.407 e. The summed E-state index contributed by atoms with van der Waals surface area (Å²) < 4.78 is 6.81. The Morgan fingerprint density at radius 2 is 2.15 bits per heavy atom. The fraction of sp³-hybridized carbons (Fsp3) is 0.357. The summed E-state index contributed by atoms with van der Waals surface area (Å²) in [6.07, 6.45) is 3.05. The number of alkyl carbamates (subject to hydrolysis) is 1. The van der Waals surface area contributed by atoms with Crippen LogP contribution in [0.1, 0.15) is 26.5 Å². The van der Waals surface area contributed by atoms with E-state index >= 15 is 0 Å². The second kappa shape index (κ2) is 5.73. The van der Waals surface area contributed by atoms with Crippen molar-refractivity contribution in [2.24, 2.45) is 0 Å². The molecule has 2 aromatic rings. The minimum Gasteiger partial charge on any atom is -0.444 e. The molecule has 0 bridgehead atoms. The molecule has 6 heteroatoms. The maximum absolute atomic E-state index is 11.5. The number of ether oxygens (including phenoxy) is 1. The maximum Gasteiger partial charge on any atom is 0.407 e. The second-order valence-corrected chi connectivity index (χ2v) is 5.30. The second-order valence-electron chi connectivity index (χ2n) is 5.30. The molecule has 0 aliphatic carbocycles. The summed E-state index contributed by atoms with van der Waals surface area (Å²) in [5.74, 6) is 0.732. The van der Waals surface area contributed by atoms with Crippen LogP contribution in [0.3, 0.4) is 0 Å². The zero-order chi connectivity index (χ0) is 14.6. The third kappa shape index (κ3) is 4.08. The molecule has 0 radical (unpaired) electrons. The van der Waals surface area contributed by atoms with Gasteiger partial charge in [-0.15, -0.1) is 0 Å². The lowest BCUT2D eigenvalue weighted by Crippen LogP contribution is -2.32. The van der Waals surface area contributed by atoms with Gasteiger partial charge in [0.05, 0.1) is 12.2 Å². The van der Waals surface area contributed by atoms with Crippen LogP contribution in [0.25, 0.3) is 5.82 Å². The number of aromatic nitrogens is 3. The minimum absolute atomic E-state index is 0.314. The molecule has 0 saturated carbocycles. The van der Waals surface area contributed by atoms with Gasteiger partial charge in [-0.1, -0.05) is 6.07 Å². The lowest BCUT2D eigenvalue weighted by atomic mass is 10.2. The first-order valence-corrected chi connectivity index (χ1v) is 6.37. The van der Waals surface area contributed by atoms with E-state index < -0.39 is 11.7 Å². The summed E-state index contributed by atoms with van der Waals surface area (Å²) in [5.41, 5.74) is 0.235. The molecule has 0 atom stereocenters. The molecule has 2 heterocycles. The molecule has 0 unspecified atom stereocenters. The van der Waals surface area contributed by atoms with Gasteiger partial charge in [-0.05, 0) is 39.0 Å². The van der Waals surface area contributed by atoms with E-state index in [-0.39, 0.29) is 0 Å². The molecule has 0 fully saturated rings. The molecule has 6 nitrogen and oxygen atoms in total. The van der Waals surface area contributed by atoms with Crippen LogP contribution < -0.4 is 5.32 Å². The zero-order valence-electron chi connectivity index (χ0n) is 11.8. The van der Waals surface area contributed by atoms with Crippen molar-refractivity contribution < 1.29 is 9.53 Å². The molecule has 0 saturated heterocycles. The Labute approximate surface area is 117 Å². The van der Waals surface area contributed by atoms with Crippen molar-refractivity contribution in [1.29, 1.82) is 0 Å². The molecule has 0 aliphatic rings. The van der Waals surface area contributed by atoms with Crippen LogP contribution in [0.2, 0.25) is 0 Å². The monoisotopic (exact) mass is 274 g/mol. The fourth-order valence-electron chi connectivity index (χ4n) is 1.55. The summed E-state index contributed by atoms with van der Waals surface area (Å²) in [6, 6.07) is 7.42. The molecule has 20 heavy (non-hydrogen) atoms. The summed E-state index contributed by atoms with van der Waals surface area (Å²) in [4.78, 5) is 15.7. The van der Waals surface area contributed by atoms with Gasteiger partial charge in [0.15, 0.2) is 5.82 Å². The van der Waals surface area contributed by atoms with Gasteiger partial charge in [-0.2, -0.15) is 5.10 Å². The van der Waals surface area contributed by atoms with Gasteiger partial charge in [0.2, 0.25) is 0 Å². The molecule has 1 N–H and O–H groups in total. The Kier molecular flexibility index (Phi) is 4.02. The molecule has 106 valence electrons. The van der Waals surface area contributed by atoms with Crippen molar-refractivity contribution in [2.45, 2.75) is 32.9 Å². The van der Waals surface area contributed by atoms with Crippen molar-refractivity contribution in [3.8, 4) is 5.82 Å². The highest BCUT2D eigenvalue weighted by Crippen LogP contribution is 2.07. The molecule has 2 rings (SSSR count). The van der Waals surface area contributed by atoms with E-state index in [0.717, 1.165) is 11.5 Å². The molecular weight excluding hydrogens is 256 g/mol. The zero-order valence-corrected chi connectivity index (χ0v) is 11.8. The van der Waals surface area contributed by atoms with Crippen LogP contribution in [0, 0.1) is 0 Å². The van der Waals surface area contributed by atoms with E-state index in [1.807, 2.05) is 45.0 Å². The van der Waals surface area contributed by atoms with Gasteiger partial charge in [0.25, 0.3) is 0 Å². The fourth-order valence-corrected chi connectivity index (χ4v) is 1.55. The van der Waals surface area contributed by atoms with E-state index in [1.54, 1.807) is 17.1 Å². The summed E-state index contributed by atoms with van der Waals surface area (Å²) in [5, 5.41) is 7.00. The average Bonchev–Trinajstić information content (AvgIpc) is 2.84. The summed E-state index contributed by atoms with van der Waals surface area (Å²) in [6.45, 7) is 5.78. The Morgan fingerprint density at radius 3 is 2.80 bits per heavy atom. The molecule has 2 aromatic heterocycles. The third-order valence-electron chi connectivity index (χ3n) is 2.34. The molecule has 0 aromatic carbocycles. The Bertz CT molecular complexity index is 572. The number of amides is 1. The van der Waals surface area contributed by atoms with Gasteiger partial charge in [0, 0.05) is 12.4 Å². The number of carbonyl (C=O) groups is 1. The van der Waals surface area contributed by atoms with Crippen molar-refractivity contribution in [2.75, 3.05) is 0 Å². The third-order valence-corrected chi connectivity index (χ3v) is 2.34. The highest BCUT2D eigenvalue weighted by molar-refractivity contribution is 5.67. The predicted octanol–water partition coefficient (Wildman–Crippen LogP) is 2.29. The van der Waals surface area contributed by atoms with Gasteiger partial charge in [-0.25, -0.2) is 14.5 Å². The molecule has 0 aliphatic heterocycles. The van der Waals surface area contributed by atoms with Crippen molar-refractivity contribution in [1.82, 2.24) is 20.1 Å². The van der Waals surface area contributed by atoms with Crippen LogP contribution >= 0.6 is 0 Å². The van der Waals surface area contributed by atoms with Crippen molar-refractivity contribution >= 4 is 6.09 Å². The Morgan fingerprint density at radius 1 is 1.35 bits per heavy atom. The standard InChI is InChI=1S/C14H18N4O2/c1-14(2,3)20-13(19)16-10-11-7-9-18(17-11)12-6-4-5-8-15-12/h4-9H,10H2,1-3H3,(H,16,19). The molecule has 0 spiro atoms. The lowest BCUT2D eigenvalue weighted by molar-refractivity contribution is 0.0523. The van der Waals surface area contributed by atoms with Gasteiger partial charge >= 0.3 is 6.09 Å². The minimum atomic E-state index is -0.503. The number of carbonyl (C=O) groups excluding carboxylic acids is 1. The molecular formula is C14H18N4O2. The topological polar surface area (TPSA) is 69.0 Å². The Balaban J connectivity index is 1.92. The number of nitrogens with zero attached hydrogens (tertiary/aromatic N) is 3. The van der Waals surface area contributed by atoms with E-state index in [2.05, 4.69) is 15.4 Å². The van der Waals surface area contributed by atoms with E-state index in [9.17, 15) is 4.79 Å². The number of hydrogen-bond donors (Lipinski definition) is 1. The number of hydrogen-bond acceptors (Lipinski definition) is 4. The van der Waals surface area contributed by atoms with Gasteiger partial charge < -0.3 is 10.1 Å². The number of nitrogens with one attached hydrogen (secondary N) is 1. The lowest BCUT2D eigenvalue weighted by Gasteiger charge is -2.19. The maximum atomic E-state index is 11.5. The predicted molar refractivity (Wildman–Crippen MR) is 74.4 cm³/mol. The highest BCUT2D eigenvalue weighted by Gasteiger charge is 2.15. The number of rotatable bonds is 3. The normalized spacial score (nSPS) is 11.2. The molecule has 1 amide bonds. The Hall–Kier alpha value is -2.37. The quantitative estimate of drug-likeness (QED) is 0.932. The van der Waals surface area contributed by atoms with Crippen molar-refractivity contribution in [3.63, 3.8) is 0 Å². The average molecular weight is 274 g/mol. The largest absolute Gasteiger partial charge is 0.444 e. The van der Waals surface area contributed by atoms with Crippen LogP contribution in [0.15, 0.2) is 36.7 Å². The van der Waals surface area contributed by atoms with Crippen molar-refractivity contribution in [3.05, 3.63) is 42.4 Å². The van der Waals surface area contributed by atoms with Gasteiger partial charge in [0.1, 0.15) is 5.60 Å². The van der Waals surface area contributed by atoms with Crippen LogP contribution in [-0.4, -0.2) is 26.5 Å². The highest BCUT2D eigenvalue weighted by atomic mass is 16.6. The summed E-state index contributed by atoms with van der Waals surface area (Å²) in [7, 11) is 0. The van der Waals surface area contributed by atoms with Crippen LogP contribution in [0.5, 0.6) is 0 Å². The number of pyridine rings is 1.